The van der Waals surface area contributed by atoms with Gasteiger partial charge in [-0.3, -0.25) is 0 Å². The Kier molecular flexibility index (Phi) is 3.45. The molecule has 2 heteroatoms. The SMILES string of the molecule is CCC1CCCN1CC1CCCC1N. The van der Waals surface area contributed by atoms with Crippen molar-refractivity contribution >= 4 is 0 Å². The first-order valence-electron chi connectivity index (χ1n) is 6.31. The smallest absolute Gasteiger partial charge is 0.00932 e. The molecule has 0 radical (unpaired) electrons. The maximum Gasteiger partial charge on any atom is 0.00932 e. The fourth-order valence-corrected chi connectivity index (χ4v) is 3.19. The zero-order valence-corrected chi connectivity index (χ0v) is 9.41. The van der Waals surface area contributed by atoms with Crippen LogP contribution in [0.15, 0.2) is 0 Å². The Hall–Kier alpha value is -0.0800. The molecule has 1 heterocycles. The average Bonchev–Trinajstić information content (AvgIpc) is 2.77. The van der Waals surface area contributed by atoms with Crippen molar-refractivity contribution in [3.63, 3.8) is 0 Å². The van der Waals surface area contributed by atoms with Gasteiger partial charge in [-0.25, -0.2) is 0 Å². The van der Waals surface area contributed by atoms with Crippen LogP contribution < -0.4 is 5.73 Å². The van der Waals surface area contributed by atoms with E-state index < -0.39 is 0 Å². The van der Waals surface area contributed by atoms with Crippen LogP contribution in [0.25, 0.3) is 0 Å². The first kappa shape index (κ1) is 10.4. The molecule has 1 saturated carbocycles. The minimum absolute atomic E-state index is 0.494. The number of hydrogen-bond acceptors (Lipinski definition) is 2. The largest absolute Gasteiger partial charge is 0.327 e. The van der Waals surface area contributed by atoms with Crippen LogP contribution in [0, 0.1) is 5.92 Å². The van der Waals surface area contributed by atoms with Crippen LogP contribution in [-0.4, -0.2) is 30.1 Å². The standard InChI is InChI=1S/C12H24N2/c1-2-11-6-4-8-14(11)9-10-5-3-7-12(10)13/h10-12H,2-9,13H2,1H3. The molecule has 2 nitrogen and oxygen atoms in total. The normalized spacial score (nSPS) is 39.4. The predicted molar refractivity (Wildman–Crippen MR) is 60.2 cm³/mol. The van der Waals surface area contributed by atoms with Gasteiger partial charge in [-0.05, 0) is 44.6 Å². The molecule has 0 aromatic rings. The maximum atomic E-state index is 6.12. The van der Waals surface area contributed by atoms with Crippen molar-refractivity contribution in [2.75, 3.05) is 13.1 Å². The molecule has 3 unspecified atom stereocenters. The average molecular weight is 196 g/mol. The van der Waals surface area contributed by atoms with Crippen molar-refractivity contribution < 1.29 is 0 Å². The molecule has 14 heavy (non-hydrogen) atoms. The Morgan fingerprint density at radius 1 is 1.21 bits per heavy atom. The van der Waals surface area contributed by atoms with E-state index in [4.69, 9.17) is 5.73 Å². The lowest BCUT2D eigenvalue weighted by atomic mass is 10.0. The zero-order valence-electron chi connectivity index (χ0n) is 9.41. The van der Waals surface area contributed by atoms with E-state index in [9.17, 15) is 0 Å². The van der Waals surface area contributed by atoms with Crippen molar-refractivity contribution in [1.82, 2.24) is 4.90 Å². The third-order valence-electron chi connectivity index (χ3n) is 4.16. The molecule has 0 bridgehead atoms. The molecule has 82 valence electrons. The van der Waals surface area contributed by atoms with Crippen molar-refractivity contribution in [3.05, 3.63) is 0 Å². The first-order valence-corrected chi connectivity index (χ1v) is 6.31. The van der Waals surface area contributed by atoms with Gasteiger partial charge in [0.15, 0.2) is 0 Å². The van der Waals surface area contributed by atoms with E-state index in [1.54, 1.807) is 0 Å². The van der Waals surface area contributed by atoms with Gasteiger partial charge in [-0.15, -0.1) is 0 Å². The summed E-state index contributed by atoms with van der Waals surface area (Å²) in [4.78, 5) is 2.69. The molecule has 2 N–H and O–H groups in total. The monoisotopic (exact) mass is 196 g/mol. The van der Waals surface area contributed by atoms with E-state index in [-0.39, 0.29) is 0 Å². The summed E-state index contributed by atoms with van der Waals surface area (Å²) in [5.41, 5.74) is 6.12. The maximum absolute atomic E-state index is 6.12. The molecular formula is C12H24N2. The van der Waals surface area contributed by atoms with Gasteiger partial charge in [0.2, 0.25) is 0 Å². The van der Waals surface area contributed by atoms with Gasteiger partial charge in [0, 0.05) is 18.6 Å². The highest BCUT2D eigenvalue weighted by molar-refractivity contribution is 4.86. The molecule has 2 aliphatic rings. The van der Waals surface area contributed by atoms with Gasteiger partial charge in [0.25, 0.3) is 0 Å². The number of hydrogen-bond donors (Lipinski definition) is 1. The van der Waals surface area contributed by atoms with Crippen LogP contribution >= 0.6 is 0 Å². The molecule has 1 aliphatic heterocycles. The minimum Gasteiger partial charge on any atom is -0.327 e. The second kappa shape index (κ2) is 4.63. The van der Waals surface area contributed by atoms with Gasteiger partial charge >= 0.3 is 0 Å². The number of nitrogens with two attached hydrogens (primary N) is 1. The lowest BCUT2D eigenvalue weighted by molar-refractivity contribution is 0.203. The predicted octanol–water partition coefficient (Wildman–Crippen LogP) is 1.99. The summed E-state index contributed by atoms with van der Waals surface area (Å²) in [7, 11) is 0. The Bertz CT molecular complexity index is 181. The lowest BCUT2D eigenvalue weighted by Crippen LogP contribution is -2.38. The second-order valence-corrected chi connectivity index (χ2v) is 5.05. The van der Waals surface area contributed by atoms with Crippen LogP contribution in [0.2, 0.25) is 0 Å². The molecule has 2 rings (SSSR count). The Balaban J connectivity index is 1.83. The van der Waals surface area contributed by atoms with Crippen molar-refractivity contribution in [1.29, 1.82) is 0 Å². The zero-order chi connectivity index (χ0) is 9.97. The first-order chi connectivity index (χ1) is 6.81. The summed E-state index contributed by atoms with van der Waals surface area (Å²) >= 11 is 0. The molecule has 0 aromatic carbocycles. The Morgan fingerprint density at radius 3 is 2.71 bits per heavy atom. The van der Waals surface area contributed by atoms with E-state index in [1.165, 1.54) is 51.6 Å². The molecule has 0 spiro atoms. The topological polar surface area (TPSA) is 29.3 Å². The highest BCUT2D eigenvalue weighted by Crippen LogP contribution is 2.28. The molecule has 0 amide bonds. The summed E-state index contributed by atoms with van der Waals surface area (Å²) in [6.45, 7) is 4.92. The van der Waals surface area contributed by atoms with Crippen molar-refractivity contribution in [2.24, 2.45) is 11.7 Å². The second-order valence-electron chi connectivity index (χ2n) is 5.05. The van der Waals surface area contributed by atoms with Crippen LogP contribution in [0.1, 0.15) is 45.4 Å². The molecular weight excluding hydrogens is 172 g/mol. The molecule has 2 fully saturated rings. The van der Waals surface area contributed by atoms with Gasteiger partial charge in [0.05, 0.1) is 0 Å². The van der Waals surface area contributed by atoms with E-state index in [0.29, 0.717) is 6.04 Å². The van der Waals surface area contributed by atoms with Crippen molar-refractivity contribution in [2.45, 2.75) is 57.5 Å². The summed E-state index contributed by atoms with van der Waals surface area (Å²) in [6, 6.07) is 1.36. The highest BCUT2D eigenvalue weighted by Gasteiger charge is 2.30. The molecule has 3 atom stereocenters. The number of nitrogens with zero attached hydrogens (tertiary/aromatic N) is 1. The van der Waals surface area contributed by atoms with Crippen LogP contribution in [-0.2, 0) is 0 Å². The van der Waals surface area contributed by atoms with E-state index in [1.807, 2.05) is 0 Å². The van der Waals surface area contributed by atoms with Crippen LogP contribution in [0.3, 0.4) is 0 Å². The number of likely N-dealkylation sites (tertiary alicyclic amines) is 1. The van der Waals surface area contributed by atoms with Crippen LogP contribution in [0.5, 0.6) is 0 Å². The van der Waals surface area contributed by atoms with Crippen LogP contribution in [0.4, 0.5) is 0 Å². The van der Waals surface area contributed by atoms with Gasteiger partial charge < -0.3 is 10.6 Å². The summed E-state index contributed by atoms with van der Waals surface area (Å²) in [6.07, 6.45) is 8.13. The number of rotatable bonds is 3. The lowest BCUT2D eigenvalue weighted by Gasteiger charge is -2.28. The fourth-order valence-electron chi connectivity index (χ4n) is 3.19. The molecule has 1 aliphatic carbocycles. The Labute approximate surface area is 87.8 Å². The van der Waals surface area contributed by atoms with E-state index >= 15 is 0 Å². The third-order valence-corrected chi connectivity index (χ3v) is 4.16. The molecule has 1 saturated heterocycles. The summed E-state index contributed by atoms with van der Waals surface area (Å²) in [5.74, 6) is 0.794. The fraction of sp³-hybridized carbons (Fsp3) is 1.00. The van der Waals surface area contributed by atoms with Gasteiger partial charge in [-0.2, -0.15) is 0 Å². The summed E-state index contributed by atoms with van der Waals surface area (Å²) in [5, 5.41) is 0. The summed E-state index contributed by atoms with van der Waals surface area (Å²) < 4.78 is 0. The van der Waals surface area contributed by atoms with E-state index in [0.717, 1.165) is 12.0 Å². The molecule has 0 aromatic heterocycles. The van der Waals surface area contributed by atoms with Gasteiger partial charge in [-0.1, -0.05) is 13.3 Å². The highest BCUT2D eigenvalue weighted by atomic mass is 15.2. The van der Waals surface area contributed by atoms with Crippen molar-refractivity contribution in [3.8, 4) is 0 Å². The van der Waals surface area contributed by atoms with Gasteiger partial charge in [0.1, 0.15) is 0 Å². The quantitative estimate of drug-likeness (QED) is 0.748. The minimum atomic E-state index is 0.494. The Morgan fingerprint density at radius 2 is 2.07 bits per heavy atom. The third kappa shape index (κ3) is 2.12. The van der Waals surface area contributed by atoms with E-state index in [2.05, 4.69) is 11.8 Å².